The molecule has 0 aliphatic carbocycles. The van der Waals surface area contributed by atoms with Crippen molar-refractivity contribution in [1.29, 1.82) is 0 Å². The first-order chi connectivity index (χ1) is 9.20. The van der Waals surface area contributed by atoms with E-state index in [0.717, 1.165) is 11.1 Å². The Bertz CT molecular complexity index is 520. The van der Waals surface area contributed by atoms with Gasteiger partial charge in [0.05, 0.1) is 18.8 Å². The number of nitrogens with one attached hydrogen (secondary N) is 2. The monoisotopic (exact) mass is 259 g/mol. The smallest absolute Gasteiger partial charge is 0.251 e. The topological polar surface area (TPSA) is 67.0 Å². The van der Waals surface area contributed by atoms with Crippen LogP contribution in [0.2, 0.25) is 0 Å². The Labute approximate surface area is 112 Å². The molecule has 1 atom stereocenters. The summed E-state index contributed by atoms with van der Waals surface area (Å²) >= 11 is 0. The Balaban J connectivity index is 1.99. The highest BCUT2D eigenvalue weighted by Gasteiger charge is 2.11. The molecule has 2 N–H and O–H groups in total. The van der Waals surface area contributed by atoms with E-state index >= 15 is 0 Å². The number of carbonyl (C=O) groups excluding carboxylic acids is 1. The molecule has 2 aromatic rings. The van der Waals surface area contributed by atoms with E-state index in [-0.39, 0.29) is 11.9 Å². The molecule has 2 rings (SSSR count). The van der Waals surface area contributed by atoms with Crippen LogP contribution in [0, 0.1) is 0 Å². The summed E-state index contributed by atoms with van der Waals surface area (Å²) in [6, 6.07) is 7.30. The molecule has 1 aromatic carbocycles. The van der Waals surface area contributed by atoms with Crippen molar-refractivity contribution in [1.82, 2.24) is 15.5 Å². The molecule has 5 nitrogen and oxygen atoms in total. The van der Waals surface area contributed by atoms with E-state index in [2.05, 4.69) is 15.5 Å². The maximum absolute atomic E-state index is 12.0. The highest BCUT2D eigenvalue weighted by molar-refractivity contribution is 5.94. The predicted molar refractivity (Wildman–Crippen MR) is 71.6 cm³/mol. The van der Waals surface area contributed by atoms with Gasteiger partial charge in [0.25, 0.3) is 5.91 Å². The van der Waals surface area contributed by atoms with E-state index in [9.17, 15) is 4.79 Å². The minimum Gasteiger partial charge on any atom is -0.380 e. The van der Waals surface area contributed by atoms with Crippen molar-refractivity contribution in [3.63, 3.8) is 0 Å². The van der Waals surface area contributed by atoms with Crippen LogP contribution in [0.15, 0.2) is 36.7 Å². The van der Waals surface area contributed by atoms with Crippen LogP contribution in [0.25, 0.3) is 0 Å². The second kappa shape index (κ2) is 6.15. The van der Waals surface area contributed by atoms with Crippen molar-refractivity contribution < 1.29 is 9.53 Å². The van der Waals surface area contributed by atoms with E-state index in [0.29, 0.717) is 12.2 Å². The Morgan fingerprint density at radius 1 is 1.42 bits per heavy atom. The molecule has 0 bridgehead atoms. The van der Waals surface area contributed by atoms with Gasteiger partial charge in [-0.1, -0.05) is 12.1 Å². The molecule has 0 fully saturated rings. The third-order valence-corrected chi connectivity index (χ3v) is 2.89. The second-order valence-electron chi connectivity index (χ2n) is 4.36. The molecule has 0 spiro atoms. The van der Waals surface area contributed by atoms with Crippen molar-refractivity contribution in [2.45, 2.75) is 19.6 Å². The van der Waals surface area contributed by atoms with Gasteiger partial charge in [-0.3, -0.25) is 9.89 Å². The van der Waals surface area contributed by atoms with Crippen molar-refractivity contribution in [2.24, 2.45) is 0 Å². The van der Waals surface area contributed by atoms with E-state index < -0.39 is 0 Å². The summed E-state index contributed by atoms with van der Waals surface area (Å²) in [5, 5.41) is 9.51. The zero-order valence-electron chi connectivity index (χ0n) is 11.0. The minimum absolute atomic E-state index is 0.0788. The number of hydrogen-bond acceptors (Lipinski definition) is 3. The molecule has 0 saturated carbocycles. The van der Waals surface area contributed by atoms with Gasteiger partial charge in [-0.05, 0) is 24.6 Å². The molecule has 1 heterocycles. The first-order valence-electron chi connectivity index (χ1n) is 6.08. The number of ether oxygens (including phenoxy) is 1. The Hall–Kier alpha value is -2.14. The Kier molecular flexibility index (Phi) is 4.30. The standard InChI is InChI=1S/C14H17N3O2/c1-10(13-7-15-16-8-13)17-14(18)12-5-3-11(4-6-12)9-19-2/h3-8,10H,9H2,1-2H3,(H,15,16)(H,17,18). The summed E-state index contributed by atoms with van der Waals surface area (Å²) < 4.78 is 5.03. The number of benzene rings is 1. The van der Waals surface area contributed by atoms with Crippen molar-refractivity contribution in [3.05, 3.63) is 53.3 Å². The summed E-state index contributed by atoms with van der Waals surface area (Å²) in [6.45, 7) is 2.47. The van der Waals surface area contributed by atoms with E-state index in [1.807, 2.05) is 19.1 Å². The number of aromatic nitrogens is 2. The van der Waals surface area contributed by atoms with Gasteiger partial charge in [0.1, 0.15) is 0 Å². The number of nitrogens with zero attached hydrogens (tertiary/aromatic N) is 1. The molecule has 19 heavy (non-hydrogen) atoms. The first kappa shape index (κ1) is 13.3. The molecule has 1 amide bonds. The zero-order chi connectivity index (χ0) is 13.7. The average molecular weight is 259 g/mol. The fourth-order valence-corrected chi connectivity index (χ4v) is 1.78. The van der Waals surface area contributed by atoms with E-state index in [1.54, 1.807) is 31.6 Å². The number of methoxy groups -OCH3 is 1. The summed E-state index contributed by atoms with van der Waals surface area (Å²) in [4.78, 5) is 12.0. The lowest BCUT2D eigenvalue weighted by Crippen LogP contribution is -2.26. The van der Waals surface area contributed by atoms with Gasteiger partial charge in [-0.25, -0.2) is 0 Å². The number of hydrogen-bond donors (Lipinski definition) is 2. The van der Waals surface area contributed by atoms with Gasteiger partial charge in [0.2, 0.25) is 0 Å². The molecule has 5 heteroatoms. The van der Waals surface area contributed by atoms with Crippen molar-refractivity contribution in [2.75, 3.05) is 7.11 Å². The minimum atomic E-state index is -0.0994. The first-order valence-corrected chi connectivity index (χ1v) is 6.08. The van der Waals surface area contributed by atoms with Gasteiger partial charge >= 0.3 is 0 Å². The summed E-state index contributed by atoms with van der Waals surface area (Å²) in [5.74, 6) is -0.0994. The molecule has 100 valence electrons. The van der Waals surface area contributed by atoms with Crippen molar-refractivity contribution >= 4 is 5.91 Å². The highest BCUT2D eigenvalue weighted by atomic mass is 16.5. The average Bonchev–Trinajstić information content (AvgIpc) is 2.94. The summed E-state index contributed by atoms with van der Waals surface area (Å²) in [7, 11) is 1.65. The van der Waals surface area contributed by atoms with Gasteiger partial charge in [-0.15, -0.1) is 0 Å². The summed E-state index contributed by atoms with van der Waals surface area (Å²) in [5.41, 5.74) is 2.63. The normalized spacial score (nSPS) is 12.1. The molecular weight excluding hydrogens is 242 g/mol. The molecule has 1 aromatic heterocycles. The molecule has 0 radical (unpaired) electrons. The number of amides is 1. The third kappa shape index (κ3) is 3.42. The van der Waals surface area contributed by atoms with Crippen LogP contribution in [0.3, 0.4) is 0 Å². The largest absolute Gasteiger partial charge is 0.380 e. The maximum atomic E-state index is 12.0. The van der Waals surface area contributed by atoms with Crippen LogP contribution < -0.4 is 5.32 Å². The molecule has 0 saturated heterocycles. The number of H-pyrrole nitrogens is 1. The van der Waals surface area contributed by atoms with Crippen LogP contribution in [0.4, 0.5) is 0 Å². The lowest BCUT2D eigenvalue weighted by molar-refractivity contribution is 0.0940. The van der Waals surface area contributed by atoms with Crippen LogP contribution in [-0.4, -0.2) is 23.2 Å². The maximum Gasteiger partial charge on any atom is 0.251 e. The van der Waals surface area contributed by atoms with Crippen LogP contribution in [0.1, 0.15) is 34.5 Å². The number of aromatic amines is 1. The van der Waals surface area contributed by atoms with E-state index in [4.69, 9.17) is 4.74 Å². The Morgan fingerprint density at radius 2 is 2.16 bits per heavy atom. The van der Waals surface area contributed by atoms with Crippen molar-refractivity contribution in [3.8, 4) is 0 Å². The molecule has 0 aliphatic rings. The SMILES string of the molecule is COCc1ccc(C(=O)NC(C)c2cn[nH]c2)cc1. The predicted octanol–water partition coefficient (Wildman–Crippen LogP) is 2.05. The molecule has 1 unspecified atom stereocenters. The van der Waals surface area contributed by atoms with E-state index in [1.165, 1.54) is 0 Å². The lowest BCUT2D eigenvalue weighted by Gasteiger charge is -2.12. The quantitative estimate of drug-likeness (QED) is 0.863. The van der Waals surface area contributed by atoms with Gasteiger partial charge < -0.3 is 10.1 Å². The fourth-order valence-electron chi connectivity index (χ4n) is 1.78. The third-order valence-electron chi connectivity index (χ3n) is 2.89. The fraction of sp³-hybridized carbons (Fsp3) is 0.286. The lowest BCUT2D eigenvalue weighted by atomic mass is 10.1. The van der Waals surface area contributed by atoms with Gasteiger partial charge in [0, 0.05) is 24.4 Å². The summed E-state index contributed by atoms with van der Waals surface area (Å²) in [6.07, 6.45) is 3.47. The van der Waals surface area contributed by atoms with Gasteiger partial charge in [0.15, 0.2) is 0 Å². The molecular formula is C14H17N3O2. The molecule has 0 aliphatic heterocycles. The Morgan fingerprint density at radius 3 is 2.74 bits per heavy atom. The zero-order valence-corrected chi connectivity index (χ0v) is 11.0. The van der Waals surface area contributed by atoms with Gasteiger partial charge in [-0.2, -0.15) is 5.10 Å². The second-order valence-corrected chi connectivity index (χ2v) is 4.36. The van der Waals surface area contributed by atoms with Crippen LogP contribution in [0.5, 0.6) is 0 Å². The van der Waals surface area contributed by atoms with Crippen LogP contribution in [-0.2, 0) is 11.3 Å². The highest BCUT2D eigenvalue weighted by Crippen LogP contribution is 2.11. The number of carbonyl (C=O) groups is 1. The van der Waals surface area contributed by atoms with Crippen LogP contribution >= 0.6 is 0 Å². The number of rotatable bonds is 5.